The third-order valence-electron chi connectivity index (χ3n) is 4.58. The molecule has 0 radical (unpaired) electrons. The molecule has 0 spiro atoms. The van der Waals surface area contributed by atoms with Crippen LogP contribution in [-0.4, -0.2) is 54.8 Å². The number of thiazole rings is 1. The number of ether oxygens (including phenoxy) is 3. The van der Waals surface area contributed by atoms with E-state index in [1.54, 1.807) is 13.2 Å². The minimum atomic E-state index is -0.225. The van der Waals surface area contributed by atoms with E-state index in [9.17, 15) is 4.79 Å². The Kier molecular flexibility index (Phi) is 7.84. The predicted molar refractivity (Wildman–Crippen MR) is 119 cm³/mol. The number of nitrogens with one attached hydrogen (secondary N) is 1. The van der Waals surface area contributed by atoms with Gasteiger partial charge in [-0.3, -0.25) is 15.0 Å². The molecule has 1 fully saturated rings. The molecule has 1 aliphatic rings. The van der Waals surface area contributed by atoms with E-state index >= 15 is 0 Å². The number of methoxy groups -OCH3 is 1. The van der Waals surface area contributed by atoms with Crippen LogP contribution in [0.25, 0.3) is 6.08 Å². The molecule has 1 aromatic heterocycles. The van der Waals surface area contributed by atoms with Crippen LogP contribution in [0.3, 0.4) is 0 Å². The van der Waals surface area contributed by atoms with Crippen molar-refractivity contribution in [3.05, 3.63) is 40.9 Å². The van der Waals surface area contributed by atoms with Gasteiger partial charge in [0, 0.05) is 31.1 Å². The Bertz CT molecular complexity index is 873. The highest BCUT2D eigenvalue weighted by Crippen LogP contribution is 2.28. The van der Waals surface area contributed by atoms with E-state index in [-0.39, 0.29) is 18.1 Å². The monoisotopic (exact) mass is 431 g/mol. The number of nitrogens with zero attached hydrogens (tertiary/aromatic N) is 2. The lowest BCUT2D eigenvalue weighted by atomic mass is 10.2. The highest BCUT2D eigenvalue weighted by molar-refractivity contribution is 7.13. The Labute approximate surface area is 181 Å². The zero-order chi connectivity index (χ0) is 21.5. The molecule has 1 saturated heterocycles. The first-order chi connectivity index (χ1) is 14.5. The summed E-state index contributed by atoms with van der Waals surface area (Å²) in [6, 6.07) is 5.55. The third-order valence-corrected chi connectivity index (χ3v) is 5.38. The Hall–Kier alpha value is -2.42. The van der Waals surface area contributed by atoms with Gasteiger partial charge in [0.15, 0.2) is 16.6 Å². The lowest BCUT2D eigenvalue weighted by molar-refractivity contribution is -0.111. The molecule has 7 nitrogen and oxygen atoms in total. The SMILES string of the molecule is CCOc1ccc(/C=C/C(=O)Nc2nc(CN3CC(C)OC(C)C3)cs2)cc1OC. The molecule has 2 atom stereocenters. The Balaban J connectivity index is 1.55. The molecular weight excluding hydrogens is 402 g/mol. The van der Waals surface area contributed by atoms with E-state index in [4.69, 9.17) is 14.2 Å². The maximum atomic E-state index is 12.3. The Morgan fingerprint density at radius 3 is 2.80 bits per heavy atom. The topological polar surface area (TPSA) is 72.9 Å². The fourth-order valence-electron chi connectivity index (χ4n) is 3.46. The van der Waals surface area contributed by atoms with Crippen molar-refractivity contribution < 1.29 is 19.0 Å². The molecule has 1 N–H and O–H groups in total. The van der Waals surface area contributed by atoms with E-state index in [1.807, 2.05) is 30.5 Å². The van der Waals surface area contributed by atoms with Crippen LogP contribution in [0.1, 0.15) is 32.0 Å². The number of anilines is 1. The van der Waals surface area contributed by atoms with Gasteiger partial charge >= 0.3 is 0 Å². The number of carbonyl (C=O) groups excluding carboxylic acids is 1. The first kappa shape index (κ1) is 22.3. The van der Waals surface area contributed by atoms with Crippen molar-refractivity contribution in [1.82, 2.24) is 9.88 Å². The van der Waals surface area contributed by atoms with Gasteiger partial charge in [-0.05, 0) is 44.5 Å². The van der Waals surface area contributed by atoms with Crippen molar-refractivity contribution in [2.45, 2.75) is 39.5 Å². The molecule has 2 aromatic rings. The van der Waals surface area contributed by atoms with Crippen molar-refractivity contribution in [3.63, 3.8) is 0 Å². The van der Waals surface area contributed by atoms with E-state index in [2.05, 4.69) is 29.0 Å². The number of hydrogen-bond donors (Lipinski definition) is 1. The lowest BCUT2D eigenvalue weighted by Crippen LogP contribution is -2.44. The fraction of sp³-hybridized carbons (Fsp3) is 0.455. The second kappa shape index (κ2) is 10.6. The average molecular weight is 432 g/mol. The van der Waals surface area contributed by atoms with Crippen molar-refractivity contribution in [2.75, 3.05) is 32.1 Å². The van der Waals surface area contributed by atoms with Gasteiger partial charge in [0.1, 0.15) is 0 Å². The summed E-state index contributed by atoms with van der Waals surface area (Å²) in [5.41, 5.74) is 1.80. The normalized spacial score (nSPS) is 19.7. The molecule has 1 amide bonds. The molecular formula is C22H29N3O4S. The number of aromatic nitrogens is 1. The van der Waals surface area contributed by atoms with Gasteiger partial charge in [-0.1, -0.05) is 6.07 Å². The average Bonchev–Trinajstić information content (AvgIpc) is 3.13. The van der Waals surface area contributed by atoms with Gasteiger partial charge in [0.05, 0.1) is 31.6 Å². The largest absolute Gasteiger partial charge is 0.493 e. The zero-order valence-corrected chi connectivity index (χ0v) is 18.7. The van der Waals surface area contributed by atoms with Gasteiger partial charge in [-0.25, -0.2) is 4.98 Å². The van der Waals surface area contributed by atoms with Crippen LogP contribution in [0.2, 0.25) is 0 Å². The summed E-state index contributed by atoms with van der Waals surface area (Å²) in [7, 11) is 1.59. The second-order valence-corrected chi connectivity index (χ2v) is 8.12. The Morgan fingerprint density at radius 1 is 1.33 bits per heavy atom. The van der Waals surface area contributed by atoms with Crippen LogP contribution in [0, 0.1) is 0 Å². The summed E-state index contributed by atoms with van der Waals surface area (Å²) in [5, 5.41) is 5.41. The van der Waals surface area contributed by atoms with Crippen LogP contribution < -0.4 is 14.8 Å². The highest BCUT2D eigenvalue weighted by atomic mass is 32.1. The standard InChI is InChI=1S/C22H29N3O4S/c1-5-28-19-8-6-17(10-20(19)27-4)7-9-21(26)24-22-23-18(14-30-22)13-25-11-15(2)29-16(3)12-25/h6-10,14-16H,5,11-13H2,1-4H3,(H,23,24,26)/b9-7+. The molecule has 3 rings (SSSR count). The van der Waals surface area contributed by atoms with E-state index in [0.717, 1.165) is 30.9 Å². The van der Waals surface area contributed by atoms with Crippen molar-refractivity contribution in [1.29, 1.82) is 0 Å². The van der Waals surface area contributed by atoms with Crippen molar-refractivity contribution in [2.24, 2.45) is 0 Å². The van der Waals surface area contributed by atoms with Gasteiger partial charge in [0.25, 0.3) is 0 Å². The van der Waals surface area contributed by atoms with E-state index < -0.39 is 0 Å². The summed E-state index contributed by atoms with van der Waals surface area (Å²) in [6.45, 7) is 9.18. The second-order valence-electron chi connectivity index (χ2n) is 7.26. The van der Waals surface area contributed by atoms with Gasteiger partial charge in [-0.15, -0.1) is 11.3 Å². The molecule has 30 heavy (non-hydrogen) atoms. The summed E-state index contributed by atoms with van der Waals surface area (Å²) in [5.74, 6) is 1.09. The van der Waals surface area contributed by atoms with Gasteiger partial charge in [-0.2, -0.15) is 0 Å². The van der Waals surface area contributed by atoms with Crippen LogP contribution in [0.15, 0.2) is 29.7 Å². The van der Waals surface area contributed by atoms with Gasteiger partial charge < -0.3 is 14.2 Å². The predicted octanol–water partition coefficient (Wildman–Crippen LogP) is 3.81. The smallest absolute Gasteiger partial charge is 0.250 e. The van der Waals surface area contributed by atoms with Crippen LogP contribution in [-0.2, 0) is 16.1 Å². The molecule has 8 heteroatoms. The number of hydrogen-bond acceptors (Lipinski definition) is 7. The van der Waals surface area contributed by atoms with Gasteiger partial charge in [0.2, 0.25) is 5.91 Å². The number of morpholine rings is 1. The molecule has 0 bridgehead atoms. The zero-order valence-electron chi connectivity index (χ0n) is 17.9. The molecule has 1 aromatic carbocycles. The maximum Gasteiger partial charge on any atom is 0.250 e. The van der Waals surface area contributed by atoms with Crippen molar-refractivity contribution in [3.8, 4) is 11.5 Å². The minimum absolute atomic E-state index is 0.220. The van der Waals surface area contributed by atoms with Crippen LogP contribution >= 0.6 is 11.3 Å². The van der Waals surface area contributed by atoms with E-state index in [0.29, 0.717) is 23.2 Å². The first-order valence-corrected chi connectivity index (χ1v) is 11.0. The third kappa shape index (κ3) is 6.29. The summed E-state index contributed by atoms with van der Waals surface area (Å²) in [6.07, 6.45) is 3.66. The lowest BCUT2D eigenvalue weighted by Gasteiger charge is -2.34. The molecule has 0 aliphatic carbocycles. The minimum Gasteiger partial charge on any atom is -0.493 e. The van der Waals surface area contributed by atoms with Crippen molar-refractivity contribution >= 4 is 28.5 Å². The first-order valence-electron chi connectivity index (χ1n) is 10.1. The number of rotatable bonds is 8. The molecule has 0 saturated carbocycles. The van der Waals surface area contributed by atoms with Crippen LogP contribution in [0.5, 0.6) is 11.5 Å². The summed E-state index contributed by atoms with van der Waals surface area (Å²) >= 11 is 1.43. The summed E-state index contributed by atoms with van der Waals surface area (Å²) in [4.78, 5) is 19.2. The Morgan fingerprint density at radius 2 is 2.10 bits per heavy atom. The molecule has 1 aliphatic heterocycles. The number of benzene rings is 1. The maximum absolute atomic E-state index is 12.3. The molecule has 2 unspecified atom stereocenters. The van der Waals surface area contributed by atoms with E-state index in [1.165, 1.54) is 17.4 Å². The number of amides is 1. The highest BCUT2D eigenvalue weighted by Gasteiger charge is 2.22. The number of carbonyl (C=O) groups is 1. The molecule has 162 valence electrons. The summed E-state index contributed by atoms with van der Waals surface area (Å²) < 4.78 is 16.6. The molecule has 2 heterocycles. The fourth-order valence-corrected chi connectivity index (χ4v) is 4.17. The van der Waals surface area contributed by atoms with Crippen LogP contribution in [0.4, 0.5) is 5.13 Å². The quantitative estimate of drug-likeness (QED) is 0.641.